The van der Waals surface area contributed by atoms with Gasteiger partial charge in [-0.1, -0.05) is 129 Å². The van der Waals surface area contributed by atoms with Crippen molar-refractivity contribution in [3.8, 4) is 23.0 Å². The molecule has 0 aliphatic carbocycles. The SMILES string of the molecule is C=CC(=O)OC(C)Oc1cccc2ccccc12.C=CC(=O)OCCOc1cccc2ccccc12.C=CC(=O)Oc1ccccc1.[CH2]C(Br)Oc1ccccc1. The van der Waals surface area contributed by atoms with Gasteiger partial charge in [-0.3, -0.25) is 0 Å². The lowest BCUT2D eigenvalue weighted by molar-refractivity contribution is -0.154. The summed E-state index contributed by atoms with van der Waals surface area (Å²) in [6.45, 7) is 15.8. The Morgan fingerprint density at radius 3 is 1.58 bits per heavy atom. The van der Waals surface area contributed by atoms with Gasteiger partial charge in [-0.05, 0) is 70.0 Å². The largest absolute Gasteiger partial charge is 0.489 e. The second-order valence-electron chi connectivity index (χ2n) is 11.3. The van der Waals surface area contributed by atoms with Crippen LogP contribution >= 0.6 is 15.9 Å². The number of alkyl halides is 1. The molecule has 293 valence electrons. The molecular formula is C47H44BrO9. The first-order chi connectivity index (χ1) is 27.6. The number of benzene rings is 6. The Morgan fingerprint density at radius 2 is 1.04 bits per heavy atom. The van der Waals surface area contributed by atoms with E-state index in [0.29, 0.717) is 18.1 Å². The Kier molecular flexibility index (Phi) is 20.0. The molecule has 57 heavy (non-hydrogen) atoms. The van der Waals surface area contributed by atoms with Crippen molar-refractivity contribution < 1.29 is 42.8 Å². The molecule has 0 saturated heterocycles. The standard InChI is InChI=1S/2C15H14O3.C9H8O2.C8H8BrO/c1-3-15(16)18-11(2)17-14-10-6-8-12-7-4-5-9-13(12)14;1-2-15(16)18-11-10-17-14-9-5-7-12-6-3-4-8-13(12)14;1-2-9(10)11-8-6-4-3-5-7-8;1-7(9)10-8-5-3-2-4-6-8/h3-11H,1H2,2H3;2-9H,1,10-11H2;2-7H,1H2;2-7H,1H2. The predicted molar refractivity (Wildman–Crippen MR) is 228 cm³/mol. The van der Waals surface area contributed by atoms with Crippen LogP contribution in [0.2, 0.25) is 0 Å². The summed E-state index contributed by atoms with van der Waals surface area (Å²) < 4.78 is 31.1. The molecule has 0 fully saturated rings. The molecular weight excluding hydrogens is 788 g/mol. The molecule has 0 aromatic heterocycles. The minimum absolute atomic E-state index is 0.171. The van der Waals surface area contributed by atoms with E-state index in [-0.39, 0.29) is 11.6 Å². The van der Waals surface area contributed by atoms with Crippen LogP contribution in [0.1, 0.15) is 6.92 Å². The first kappa shape index (κ1) is 44.7. The van der Waals surface area contributed by atoms with Crippen LogP contribution in [-0.2, 0) is 23.9 Å². The second kappa shape index (κ2) is 25.4. The van der Waals surface area contributed by atoms with Crippen molar-refractivity contribution in [2.45, 2.75) is 18.2 Å². The van der Waals surface area contributed by atoms with Gasteiger partial charge in [0.05, 0.1) is 0 Å². The first-order valence-electron chi connectivity index (χ1n) is 17.6. The van der Waals surface area contributed by atoms with Crippen molar-refractivity contribution in [2.24, 2.45) is 0 Å². The molecule has 1 radical (unpaired) electrons. The van der Waals surface area contributed by atoms with Crippen molar-refractivity contribution in [3.05, 3.63) is 190 Å². The van der Waals surface area contributed by atoms with Crippen LogP contribution in [0.5, 0.6) is 23.0 Å². The van der Waals surface area contributed by atoms with Crippen LogP contribution in [0.4, 0.5) is 0 Å². The van der Waals surface area contributed by atoms with Gasteiger partial charge >= 0.3 is 17.9 Å². The molecule has 0 amide bonds. The smallest absolute Gasteiger partial charge is 0.335 e. The molecule has 0 saturated carbocycles. The Morgan fingerprint density at radius 1 is 0.561 bits per heavy atom. The maximum absolute atomic E-state index is 11.1. The van der Waals surface area contributed by atoms with Crippen LogP contribution in [0, 0.1) is 6.92 Å². The lowest BCUT2D eigenvalue weighted by atomic mass is 10.1. The molecule has 10 heteroatoms. The number of hydrogen-bond donors (Lipinski definition) is 0. The third-order valence-electron chi connectivity index (χ3n) is 7.13. The van der Waals surface area contributed by atoms with Gasteiger partial charge in [-0.2, -0.15) is 0 Å². The summed E-state index contributed by atoms with van der Waals surface area (Å²) in [5.41, 5.74) is 0. The highest BCUT2D eigenvalue weighted by Crippen LogP contribution is 2.27. The monoisotopic (exact) mass is 831 g/mol. The summed E-state index contributed by atoms with van der Waals surface area (Å²) in [6.07, 6.45) is 2.73. The van der Waals surface area contributed by atoms with Gasteiger partial charge in [-0.25, -0.2) is 14.4 Å². The van der Waals surface area contributed by atoms with E-state index in [1.54, 1.807) is 31.2 Å². The third-order valence-corrected chi connectivity index (χ3v) is 7.32. The molecule has 0 bridgehead atoms. The fraction of sp³-hybridized carbons (Fsp3) is 0.106. The number of hydrogen-bond acceptors (Lipinski definition) is 9. The number of rotatable bonds is 13. The van der Waals surface area contributed by atoms with Crippen LogP contribution < -0.4 is 18.9 Å². The zero-order valence-corrected chi connectivity index (χ0v) is 33.1. The van der Waals surface area contributed by atoms with Crippen molar-refractivity contribution in [2.75, 3.05) is 13.2 Å². The fourth-order valence-electron chi connectivity index (χ4n) is 4.68. The molecule has 0 aliphatic heterocycles. The van der Waals surface area contributed by atoms with Crippen LogP contribution in [0.15, 0.2) is 184 Å². The van der Waals surface area contributed by atoms with Crippen LogP contribution in [-0.4, -0.2) is 42.4 Å². The highest BCUT2D eigenvalue weighted by molar-refractivity contribution is 9.09. The lowest BCUT2D eigenvalue weighted by Gasteiger charge is -2.15. The molecule has 6 aromatic rings. The quantitative estimate of drug-likeness (QED) is 0.0281. The average Bonchev–Trinajstić information content (AvgIpc) is 3.23. The molecule has 2 unspecified atom stereocenters. The molecule has 0 aliphatic rings. The van der Waals surface area contributed by atoms with E-state index in [9.17, 15) is 14.4 Å². The van der Waals surface area contributed by atoms with E-state index >= 15 is 0 Å². The van der Waals surface area contributed by atoms with E-state index in [2.05, 4.69) is 42.6 Å². The number of carbonyl (C=O) groups is 3. The van der Waals surface area contributed by atoms with Crippen LogP contribution in [0.25, 0.3) is 21.5 Å². The normalized spacial score (nSPS) is 10.8. The lowest BCUT2D eigenvalue weighted by Crippen LogP contribution is -2.19. The maximum Gasteiger partial charge on any atom is 0.335 e. The van der Waals surface area contributed by atoms with Gasteiger partial charge in [0.25, 0.3) is 0 Å². The van der Waals surface area contributed by atoms with Gasteiger partial charge in [0.1, 0.15) is 36.2 Å². The molecule has 0 spiro atoms. The highest BCUT2D eigenvalue weighted by Gasteiger charge is 2.10. The second-order valence-corrected chi connectivity index (χ2v) is 12.3. The zero-order valence-electron chi connectivity index (χ0n) is 31.5. The molecule has 0 heterocycles. The Bertz CT molecular complexity index is 2160. The minimum atomic E-state index is -0.652. The number of ether oxygens (including phenoxy) is 6. The maximum atomic E-state index is 11.1. The van der Waals surface area contributed by atoms with Crippen molar-refractivity contribution in [1.82, 2.24) is 0 Å². The number of halogens is 1. The topological polar surface area (TPSA) is 107 Å². The van der Waals surface area contributed by atoms with Gasteiger partial charge in [0.2, 0.25) is 6.29 Å². The first-order valence-corrected chi connectivity index (χ1v) is 18.5. The van der Waals surface area contributed by atoms with Gasteiger partial charge in [0, 0.05) is 35.9 Å². The van der Waals surface area contributed by atoms with Crippen LogP contribution in [0.3, 0.4) is 0 Å². The number of fused-ring (bicyclic) bond motifs is 2. The Balaban J connectivity index is 0.000000210. The van der Waals surface area contributed by atoms with Crippen molar-refractivity contribution in [1.29, 1.82) is 0 Å². The van der Waals surface area contributed by atoms with Crippen molar-refractivity contribution in [3.63, 3.8) is 0 Å². The fourth-order valence-corrected chi connectivity index (χ4v) is 4.90. The van der Waals surface area contributed by atoms with E-state index in [4.69, 9.17) is 28.4 Å². The Hall–Kier alpha value is -6.65. The molecule has 9 nitrogen and oxygen atoms in total. The summed E-state index contributed by atoms with van der Waals surface area (Å²) in [4.78, 5) is 32.5. The van der Waals surface area contributed by atoms with Gasteiger partial charge in [-0.15, -0.1) is 0 Å². The number of para-hydroxylation sites is 2. The van der Waals surface area contributed by atoms with E-state index < -0.39 is 24.2 Å². The summed E-state index contributed by atoms with van der Waals surface area (Å²) >= 11 is 3.18. The number of esters is 3. The summed E-state index contributed by atoms with van der Waals surface area (Å²) in [5, 5.41) is 4.07. The van der Waals surface area contributed by atoms with Gasteiger partial charge in [0.15, 0.2) is 5.01 Å². The highest BCUT2D eigenvalue weighted by atomic mass is 79.9. The van der Waals surface area contributed by atoms with E-state index in [1.807, 2.05) is 121 Å². The summed E-state index contributed by atoms with van der Waals surface area (Å²) in [5.74, 6) is 1.49. The summed E-state index contributed by atoms with van der Waals surface area (Å²) in [7, 11) is 0. The van der Waals surface area contributed by atoms with E-state index in [1.165, 1.54) is 0 Å². The van der Waals surface area contributed by atoms with Crippen molar-refractivity contribution >= 4 is 55.4 Å². The number of carbonyl (C=O) groups excluding carboxylic acids is 3. The predicted octanol–water partition coefficient (Wildman–Crippen LogP) is 10.6. The van der Waals surface area contributed by atoms with E-state index in [0.717, 1.165) is 51.3 Å². The molecule has 6 aromatic carbocycles. The Labute approximate surface area is 341 Å². The summed E-state index contributed by atoms with van der Waals surface area (Å²) in [6, 6.07) is 45.9. The molecule has 0 N–H and O–H groups in total. The average molecular weight is 833 g/mol. The minimum Gasteiger partial charge on any atom is -0.489 e. The molecule has 6 rings (SSSR count). The third kappa shape index (κ3) is 17.1. The van der Waals surface area contributed by atoms with Gasteiger partial charge < -0.3 is 28.4 Å². The molecule has 2 atom stereocenters. The zero-order chi connectivity index (χ0) is 41.3.